The maximum Gasteiger partial charge on any atom is 0.399 e. The lowest BCUT2D eigenvalue weighted by molar-refractivity contribution is -0.386. The average molecular weight is 340 g/mol. The second-order valence-electron chi connectivity index (χ2n) is 6.34. The molecule has 0 radical (unpaired) electrons. The van der Waals surface area contributed by atoms with Gasteiger partial charge in [-0.25, -0.2) is 0 Å². The zero-order valence-corrected chi connectivity index (χ0v) is 13.3. The predicted molar refractivity (Wildman–Crippen MR) is 78.9 cm³/mol. The van der Waals surface area contributed by atoms with Gasteiger partial charge in [0.25, 0.3) is 0 Å². The molecule has 1 saturated carbocycles. The molecule has 1 heterocycles. The highest BCUT2D eigenvalue weighted by molar-refractivity contribution is 5.51. The number of nitrogens with zero attached hydrogens (tertiary/aromatic N) is 2. The van der Waals surface area contributed by atoms with Crippen molar-refractivity contribution in [2.45, 2.75) is 44.7 Å². The molecule has 0 saturated heterocycles. The lowest BCUT2D eigenvalue weighted by Gasteiger charge is -2.22. The molecular formula is C16H15F3N2O3. The molecule has 8 heteroatoms. The Morgan fingerprint density at radius 2 is 1.83 bits per heavy atom. The van der Waals surface area contributed by atoms with Crippen LogP contribution in [0.2, 0.25) is 0 Å². The van der Waals surface area contributed by atoms with Crippen molar-refractivity contribution in [3.05, 3.63) is 56.5 Å². The van der Waals surface area contributed by atoms with Crippen LogP contribution in [0, 0.1) is 30.9 Å². The molecule has 128 valence electrons. The molecule has 0 bridgehead atoms. The van der Waals surface area contributed by atoms with Crippen molar-refractivity contribution >= 4 is 5.69 Å². The number of halogens is 3. The van der Waals surface area contributed by atoms with Crippen LogP contribution in [0.1, 0.15) is 40.5 Å². The predicted octanol–water partition coefficient (Wildman–Crippen LogP) is 4.50. The molecule has 0 spiro atoms. The summed E-state index contributed by atoms with van der Waals surface area (Å²) in [5.41, 5.74) is -1.11. The summed E-state index contributed by atoms with van der Waals surface area (Å²) in [4.78, 5) is 10.4. The van der Waals surface area contributed by atoms with E-state index in [4.69, 9.17) is 4.52 Å². The molecule has 24 heavy (non-hydrogen) atoms. The van der Waals surface area contributed by atoms with Gasteiger partial charge < -0.3 is 4.52 Å². The maximum atomic E-state index is 13.9. The molecule has 5 nitrogen and oxygen atoms in total. The smallest absolute Gasteiger partial charge is 0.353 e. The number of aromatic nitrogens is 1. The van der Waals surface area contributed by atoms with Gasteiger partial charge in [0.1, 0.15) is 5.41 Å². The summed E-state index contributed by atoms with van der Waals surface area (Å²) in [6.45, 7) is 4.79. The van der Waals surface area contributed by atoms with Gasteiger partial charge in [0.05, 0.1) is 4.92 Å². The van der Waals surface area contributed by atoms with Crippen LogP contribution in [0.15, 0.2) is 22.7 Å². The standard InChI is InChI=1S/C16H15F3N2O3/c1-8-4-9(2)6-11(5-8)15(16(17,18)19)7-12(15)14-13(21(22)23)10(3)20-24-14/h4-6,12H,7H2,1-3H3/t12-,15-/m1/s1. The fraction of sp³-hybridized carbons (Fsp3) is 0.438. The fourth-order valence-corrected chi connectivity index (χ4v) is 3.44. The molecule has 0 N–H and O–H groups in total. The molecule has 1 aromatic heterocycles. The minimum atomic E-state index is -4.55. The van der Waals surface area contributed by atoms with Crippen molar-refractivity contribution in [3.63, 3.8) is 0 Å². The highest BCUT2D eigenvalue weighted by Crippen LogP contribution is 2.69. The molecular weight excluding hydrogens is 325 g/mol. The highest BCUT2D eigenvalue weighted by atomic mass is 19.4. The van der Waals surface area contributed by atoms with E-state index in [2.05, 4.69) is 5.16 Å². The van der Waals surface area contributed by atoms with Crippen molar-refractivity contribution in [1.29, 1.82) is 0 Å². The first-order chi connectivity index (χ1) is 11.1. The molecule has 2 atom stereocenters. The van der Waals surface area contributed by atoms with Gasteiger partial charge in [-0.3, -0.25) is 10.1 Å². The molecule has 0 unspecified atom stereocenters. The van der Waals surface area contributed by atoms with Crippen LogP contribution < -0.4 is 0 Å². The number of rotatable bonds is 3. The van der Waals surface area contributed by atoms with Crippen LogP contribution in [0.4, 0.5) is 18.9 Å². The Labute approximate surface area is 135 Å². The Kier molecular flexibility index (Phi) is 3.47. The van der Waals surface area contributed by atoms with Crippen molar-refractivity contribution in [2.75, 3.05) is 0 Å². The SMILES string of the molecule is Cc1cc(C)cc([C@]2(C(F)(F)F)C[C@@H]2c2onc(C)c2[N+](=O)[O-])c1. The molecule has 3 rings (SSSR count). The third-order valence-corrected chi connectivity index (χ3v) is 4.56. The Morgan fingerprint density at radius 1 is 1.25 bits per heavy atom. The van der Waals surface area contributed by atoms with Gasteiger partial charge in [-0.1, -0.05) is 34.5 Å². The number of aryl methyl sites for hydroxylation is 3. The average Bonchev–Trinajstić information content (AvgIpc) is 3.08. The van der Waals surface area contributed by atoms with Gasteiger partial charge in [0.2, 0.25) is 5.76 Å². The van der Waals surface area contributed by atoms with E-state index in [1.807, 2.05) is 0 Å². The van der Waals surface area contributed by atoms with Crippen molar-refractivity contribution in [3.8, 4) is 0 Å². The van der Waals surface area contributed by atoms with Crippen LogP contribution in [-0.2, 0) is 5.41 Å². The second-order valence-corrected chi connectivity index (χ2v) is 6.34. The second kappa shape index (κ2) is 5.06. The number of benzene rings is 1. The third kappa shape index (κ3) is 2.28. The van der Waals surface area contributed by atoms with Gasteiger partial charge in [-0.05, 0) is 32.8 Å². The van der Waals surface area contributed by atoms with Crippen LogP contribution >= 0.6 is 0 Å². The topological polar surface area (TPSA) is 69.2 Å². The molecule has 0 aliphatic heterocycles. The Balaban J connectivity index is 2.15. The van der Waals surface area contributed by atoms with Gasteiger partial charge in [0.15, 0.2) is 5.69 Å². The Bertz CT molecular complexity index is 808. The van der Waals surface area contributed by atoms with Crippen molar-refractivity contribution < 1.29 is 22.6 Å². The summed E-state index contributed by atoms with van der Waals surface area (Å²) in [6, 6.07) is 4.75. The Morgan fingerprint density at radius 3 is 2.33 bits per heavy atom. The summed E-state index contributed by atoms with van der Waals surface area (Å²) in [7, 11) is 0. The van der Waals surface area contributed by atoms with E-state index in [0.29, 0.717) is 11.1 Å². The van der Waals surface area contributed by atoms with E-state index >= 15 is 0 Å². The van der Waals surface area contributed by atoms with Crippen LogP contribution in [0.3, 0.4) is 0 Å². The first-order valence-electron chi connectivity index (χ1n) is 7.34. The first-order valence-corrected chi connectivity index (χ1v) is 7.34. The van der Waals surface area contributed by atoms with Gasteiger partial charge in [0, 0.05) is 5.92 Å². The van der Waals surface area contributed by atoms with E-state index in [1.54, 1.807) is 19.9 Å². The number of hydrogen-bond acceptors (Lipinski definition) is 4. The molecule has 1 aliphatic rings. The molecule has 0 amide bonds. The van der Waals surface area contributed by atoms with Crippen molar-refractivity contribution in [1.82, 2.24) is 5.16 Å². The summed E-state index contributed by atoms with van der Waals surface area (Å²) >= 11 is 0. The van der Waals surface area contributed by atoms with E-state index in [9.17, 15) is 23.3 Å². The summed E-state index contributed by atoms with van der Waals surface area (Å²) in [5.74, 6) is -1.44. The lowest BCUT2D eigenvalue weighted by Crippen LogP contribution is -2.31. The largest absolute Gasteiger partial charge is 0.399 e. The van der Waals surface area contributed by atoms with E-state index in [-0.39, 0.29) is 23.4 Å². The van der Waals surface area contributed by atoms with Crippen LogP contribution in [0.5, 0.6) is 0 Å². The number of alkyl halides is 3. The van der Waals surface area contributed by atoms with E-state index < -0.39 is 28.1 Å². The van der Waals surface area contributed by atoms with Crippen LogP contribution in [-0.4, -0.2) is 16.3 Å². The third-order valence-electron chi connectivity index (χ3n) is 4.56. The quantitative estimate of drug-likeness (QED) is 0.609. The lowest BCUT2D eigenvalue weighted by atomic mass is 9.89. The fourth-order valence-electron chi connectivity index (χ4n) is 3.44. The number of hydrogen-bond donors (Lipinski definition) is 0. The normalized spacial score (nSPS) is 23.3. The van der Waals surface area contributed by atoms with Crippen LogP contribution in [0.25, 0.3) is 0 Å². The molecule has 1 aliphatic carbocycles. The zero-order chi connectivity index (χ0) is 17.9. The maximum absolute atomic E-state index is 13.9. The van der Waals surface area contributed by atoms with E-state index in [1.165, 1.54) is 19.1 Å². The number of nitro groups is 1. The molecule has 1 fully saturated rings. The summed E-state index contributed by atoms with van der Waals surface area (Å²) < 4.78 is 46.6. The minimum absolute atomic E-state index is 0.0154. The Hall–Kier alpha value is -2.38. The monoisotopic (exact) mass is 340 g/mol. The van der Waals surface area contributed by atoms with Gasteiger partial charge in [-0.2, -0.15) is 13.2 Å². The highest BCUT2D eigenvalue weighted by Gasteiger charge is 2.74. The summed E-state index contributed by atoms with van der Waals surface area (Å²) in [6.07, 6.45) is -4.83. The first kappa shape index (κ1) is 16.5. The summed E-state index contributed by atoms with van der Waals surface area (Å²) in [5, 5.41) is 14.7. The molecule has 1 aromatic carbocycles. The van der Waals surface area contributed by atoms with E-state index in [0.717, 1.165) is 0 Å². The van der Waals surface area contributed by atoms with Gasteiger partial charge in [-0.15, -0.1) is 0 Å². The van der Waals surface area contributed by atoms with Gasteiger partial charge >= 0.3 is 11.9 Å². The molecule has 2 aromatic rings. The van der Waals surface area contributed by atoms with Crippen molar-refractivity contribution in [2.24, 2.45) is 0 Å². The zero-order valence-electron chi connectivity index (χ0n) is 13.3. The minimum Gasteiger partial charge on any atom is -0.353 e.